The van der Waals surface area contributed by atoms with Crippen LogP contribution in [-0.4, -0.2) is 28.1 Å². The van der Waals surface area contributed by atoms with Crippen molar-refractivity contribution < 1.29 is 9.53 Å². The molecule has 164 valence electrons. The van der Waals surface area contributed by atoms with Gasteiger partial charge in [-0.2, -0.15) is 0 Å². The Hall–Kier alpha value is -3.03. The van der Waals surface area contributed by atoms with E-state index in [1.807, 2.05) is 25.1 Å². The quantitative estimate of drug-likeness (QED) is 0.547. The number of carbonyl (C=O) groups is 1. The number of nitrogens with two attached hydrogens (primary N) is 1. The zero-order valence-corrected chi connectivity index (χ0v) is 18.0. The zero-order valence-electron chi connectivity index (χ0n) is 18.0. The summed E-state index contributed by atoms with van der Waals surface area (Å²) in [5.41, 5.74) is 5.01. The molecule has 1 aromatic heterocycles. The van der Waals surface area contributed by atoms with Crippen LogP contribution in [0.1, 0.15) is 52.9 Å². The van der Waals surface area contributed by atoms with Gasteiger partial charge in [-0.05, 0) is 31.9 Å². The van der Waals surface area contributed by atoms with Gasteiger partial charge in [-0.1, -0.05) is 51.3 Å². The molecule has 2 aromatic rings. The van der Waals surface area contributed by atoms with Crippen molar-refractivity contribution in [3.05, 3.63) is 51.2 Å². The average molecular weight is 417 g/mol. The van der Waals surface area contributed by atoms with E-state index in [0.29, 0.717) is 25.3 Å². The summed E-state index contributed by atoms with van der Waals surface area (Å²) in [7, 11) is 0. The molecule has 0 aliphatic heterocycles. The summed E-state index contributed by atoms with van der Waals surface area (Å²) >= 11 is 0. The van der Waals surface area contributed by atoms with Crippen LogP contribution in [0.15, 0.2) is 39.9 Å². The van der Waals surface area contributed by atoms with E-state index in [1.54, 1.807) is 19.1 Å². The molecular formula is C22H32N4O4. The summed E-state index contributed by atoms with van der Waals surface area (Å²) in [6.07, 6.45) is 3.32. The fourth-order valence-electron chi connectivity index (χ4n) is 3.20. The Labute approximate surface area is 176 Å². The Bertz CT molecular complexity index is 936. The van der Waals surface area contributed by atoms with E-state index < -0.39 is 17.4 Å². The number of para-hydroxylation sites is 1. The van der Waals surface area contributed by atoms with Gasteiger partial charge < -0.3 is 15.4 Å². The molecule has 8 nitrogen and oxygen atoms in total. The maximum absolute atomic E-state index is 13.3. The van der Waals surface area contributed by atoms with Crippen LogP contribution in [0.5, 0.6) is 5.75 Å². The van der Waals surface area contributed by atoms with Gasteiger partial charge in [0, 0.05) is 13.1 Å². The third kappa shape index (κ3) is 5.75. The maximum atomic E-state index is 13.3. The number of nitrogen functional groups attached to an aromatic ring is 1. The number of ether oxygens (including phenoxy) is 1. The Balaban J connectivity index is 2.41. The van der Waals surface area contributed by atoms with Crippen LogP contribution < -0.4 is 26.6 Å². The van der Waals surface area contributed by atoms with E-state index >= 15 is 0 Å². The Morgan fingerprint density at radius 3 is 2.43 bits per heavy atom. The number of carbonyl (C=O) groups excluding carboxylic acids is 1. The smallest absolute Gasteiger partial charge is 0.330 e. The van der Waals surface area contributed by atoms with Gasteiger partial charge in [-0.15, -0.1) is 0 Å². The fourth-order valence-corrected chi connectivity index (χ4v) is 3.20. The van der Waals surface area contributed by atoms with Crippen LogP contribution in [0.4, 0.5) is 11.5 Å². The second-order valence-corrected chi connectivity index (χ2v) is 7.27. The van der Waals surface area contributed by atoms with Crippen LogP contribution >= 0.6 is 0 Å². The maximum Gasteiger partial charge on any atom is 0.330 e. The largest absolute Gasteiger partial charge is 0.481 e. The molecule has 0 saturated carbocycles. The number of unbranched alkanes of at least 4 members (excludes halogenated alkanes) is 3. The van der Waals surface area contributed by atoms with E-state index in [9.17, 15) is 14.4 Å². The fraction of sp³-hybridized carbons (Fsp3) is 0.500. The number of nitrogens with one attached hydrogen (secondary N) is 1. The molecule has 1 aromatic carbocycles. The van der Waals surface area contributed by atoms with Gasteiger partial charge in [-0.25, -0.2) is 4.79 Å². The summed E-state index contributed by atoms with van der Waals surface area (Å²) in [6, 6.07) is 9.01. The monoisotopic (exact) mass is 416 g/mol. The number of hydrogen-bond donors (Lipinski definition) is 2. The van der Waals surface area contributed by atoms with Crippen molar-refractivity contribution >= 4 is 17.4 Å². The number of amides is 1. The minimum atomic E-state index is -0.830. The van der Waals surface area contributed by atoms with Crippen molar-refractivity contribution in [2.75, 3.05) is 17.2 Å². The van der Waals surface area contributed by atoms with Gasteiger partial charge in [0.05, 0.1) is 0 Å². The van der Waals surface area contributed by atoms with Crippen molar-refractivity contribution in [3.63, 3.8) is 0 Å². The van der Waals surface area contributed by atoms with Gasteiger partial charge >= 0.3 is 5.69 Å². The molecule has 3 N–H and O–H groups in total. The molecule has 0 radical (unpaired) electrons. The normalized spacial score (nSPS) is 11.8. The zero-order chi connectivity index (χ0) is 22.1. The van der Waals surface area contributed by atoms with Crippen molar-refractivity contribution in [2.45, 2.75) is 65.5 Å². The predicted octanol–water partition coefficient (Wildman–Crippen LogP) is 2.91. The molecular weight excluding hydrogens is 384 g/mol. The SMILES string of the molecule is CCCCCN(C(=O)C(C)Oc1ccccc1)c1c(N)n(CCCC)c(=O)[nH]c1=O. The first-order valence-electron chi connectivity index (χ1n) is 10.6. The lowest BCUT2D eigenvalue weighted by Crippen LogP contribution is -2.46. The lowest BCUT2D eigenvalue weighted by molar-refractivity contribution is -0.124. The van der Waals surface area contributed by atoms with Gasteiger partial charge in [0.1, 0.15) is 11.6 Å². The number of benzene rings is 1. The van der Waals surface area contributed by atoms with Crippen molar-refractivity contribution in [2.24, 2.45) is 0 Å². The molecule has 0 bridgehead atoms. The number of H-pyrrole nitrogens is 1. The van der Waals surface area contributed by atoms with Crippen LogP contribution in [0.3, 0.4) is 0 Å². The number of anilines is 2. The Morgan fingerprint density at radius 1 is 1.13 bits per heavy atom. The van der Waals surface area contributed by atoms with E-state index in [2.05, 4.69) is 11.9 Å². The second kappa shape index (κ2) is 11.2. The number of aromatic amines is 1. The summed E-state index contributed by atoms with van der Waals surface area (Å²) in [4.78, 5) is 41.8. The molecule has 1 heterocycles. The topological polar surface area (TPSA) is 110 Å². The van der Waals surface area contributed by atoms with E-state index in [-0.39, 0.29) is 17.4 Å². The third-order valence-electron chi connectivity index (χ3n) is 4.87. The molecule has 2 rings (SSSR count). The molecule has 0 saturated heterocycles. The highest BCUT2D eigenvalue weighted by Gasteiger charge is 2.28. The molecule has 1 atom stereocenters. The molecule has 0 fully saturated rings. The molecule has 8 heteroatoms. The number of nitrogens with zero attached hydrogens (tertiary/aromatic N) is 2. The lowest BCUT2D eigenvalue weighted by atomic mass is 10.2. The first-order valence-corrected chi connectivity index (χ1v) is 10.6. The second-order valence-electron chi connectivity index (χ2n) is 7.27. The summed E-state index contributed by atoms with van der Waals surface area (Å²) in [6.45, 7) is 6.38. The van der Waals surface area contributed by atoms with Crippen molar-refractivity contribution in [1.29, 1.82) is 0 Å². The number of rotatable bonds is 11. The minimum Gasteiger partial charge on any atom is -0.481 e. The van der Waals surface area contributed by atoms with E-state index in [4.69, 9.17) is 10.5 Å². The van der Waals surface area contributed by atoms with Gasteiger partial charge in [-0.3, -0.25) is 19.1 Å². The van der Waals surface area contributed by atoms with Gasteiger partial charge in [0.2, 0.25) is 0 Å². The minimum absolute atomic E-state index is 0.00830. The molecule has 0 spiro atoms. The van der Waals surface area contributed by atoms with Gasteiger partial charge in [0.15, 0.2) is 11.8 Å². The van der Waals surface area contributed by atoms with Crippen molar-refractivity contribution in [3.8, 4) is 5.75 Å². The molecule has 1 unspecified atom stereocenters. The third-order valence-corrected chi connectivity index (χ3v) is 4.87. The highest BCUT2D eigenvalue weighted by atomic mass is 16.5. The molecule has 0 aliphatic rings. The highest BCUT2D eigenvalue weighted by molar-refractivity contribution is 5.98. The standard InChI is InChI=1S/C22H32N4O4/c1-4-6-11-15-25(21(28)16(3)30-17-12-9-8-10-13-17)18-19(23)26(14-7-5-2)22(29)24-20(18)27/h8-10,12-13,16H,4-7,11,14-15,23H2,1-3H3,(H,24,27,29). The van der Waals surface area contributed by atoms with E-state index in [1.165, 1.54) is 9.47 Å². The van der Waals surface area contributed by atoms with Crippen LogP contribution in [-0.2, 0) is 11.3 Å². The van der Waals surface area contributed by atoms with Gasteiger partial charge in [0.25, 0.3) is 11.5 Å². The summed E-state index contributed by atoms with van der Waals surface area (Å²) < 4.78 is 7.09. The Kier molecular flexibility index (Phi) is 8.70. The first kappa shape index (κ1) is 23.3. The molecule has 1 amide bonds. The lowest BCUT2D eigenvalue weighted by Gasteiger charge is -2.27. The molecule has 0 aliphatic carbocycles. The van der Waals surface area contributed by atoms with Crippen LogP contribution in [0.25, 0.3) is 0 Å². The average Bonchev–Trinajstić information content (AvgIpc) is 2.72. The van der Waals surface area contributed by atoms with Crippen molar-refractivity contribution in [1.82, 2.24) is 9.55 Å². The number of hydrogen-bond acceptors (Lipinski definition) is 5. The predicted molar refractivity (Wildman–Crippen MR) is 119 cm³/mol. The first-order chi connectivity index (χ1) is 14.4. The molecule has 30 heavy (non-hydrogen) atoms. The number of aromatic nitrogens is 2. The van der Waals surface area contributed by atoms with Crippen LogP contribution in [0.2, 0.25) is 0 Å². The van der Waals surface area contributed by atoms with E-state index in [0.717, 1.165) is 25.7 Å². The Morgan fingerprint density at radius 2 is 1.80 bits per heavy atom. The van der Waals surface area contributed by atoms with Crippen LogP contribution in [0, 0.1) is 0 Å². The highest BCUT2D eigenvalue weighted by Crippen LogP contribution is 2.21. The summed E-state index contributed by atoms with van der Waals surface area (Å²) in [5.74, 6) is 0.184. The summed E-state index contributed by atoms with van der Waals surface area (Å²) in [5, 5.41) is 0.